The van der Waals surface area contributed by atoms with E-state index in [1.807, 2.05) is 6.07 Å². The van der Waals surface area contributed by atoms with Crippen LogP contribution < -0.4 is 4.74 Å². The first-order valence-corrected chi connectivity index (χ1v) is 10.9. The first-order valence-electron chi connectivity index (χ1n) is 9.46. The van der Waals surface area contributed by atoms with Crippen molar-refractivity contribution in [1.82, 2.24) is 9.21 Å². The molecule has 0 atom stereocenters. The molecule has 7 nitrogen and oxygen atoms in total. The molecule has 0 saturated carbocycles. The summed E-state index contributed by atoms with van der Waals surface area (Å²) in [5.41, 5.74) is 0.790. The Morgan fingerprint density at radius 3 is 2.50 bits per heavy atom. The molecule has 1 amide bonds. The summed E-state index contributed by atoms with van der Waals surface area (Å²) in [5, 5.41) is 9.18. The maximum absolute atomic E-state index is 13.8. The van der Waals surface area contributed by atoms with E-state index in [2.05, 4.69) is 0 Å². The topological polar surface area (TPSA) is 90.7 Å². The molecule has 2 aromatic rings. The molecule has 158 valence electrons. The molecule has 9 heteroatoms. The van der Waals surface area contributed by atoms with Gasteiger partial charge in [-0.3, -0.25) is 4.79 Å². The molecule has 1 aliphatic rings. The van der Waals surface area contributed by atoms with Crippen molar-refractivity contribution in [1.29, 1.82) is 5.26 Å². The first kappa shape index (κ1) is 21.7. The number of halogens is 1. The summed E-state index contributed by atoms with van der Waals surface area (Å²) in [6.45, 7) is 0.851. The zero-order valence-corrected chi connectivity index (χ0v) is 17.4. The molecule has 1 saturated heterocycles. The maximum Gasteiger partial charge on any atom is 0.244 e. The molecule has 0 aromatic heterocycles. The molecule has 0 N–H and O–H groups in total. The summed E-state index contributed by atoms with van der Waals surface area (Å²) in [7, 11) is -2.41. The quantitative estimate of drug-likeness (QED) is 0.699. The third-order valence-corrected chi connectivity index (χ3v) is 7.02. The number of carbonyl (C=O) groups is 1. The smallest absolute Gasteiger partial charge is 0.244 e. The summed E-state index contributed by atoms with van der Waals surface area (Å²) in [4.78, 5) is 14.1. The van der Waals surface area contributed by atoms with Crippen molar-refractivity contribution < 1.29 is 22.3 Å². The molecule has 0 aliphatic carbocycles. The molecule has 30 heavy (non-hydrogen) atoms. The molecule has 2 aromatic carbocycles. The number of sulfonamides is 1. The number of aryl methyl sites for hydroxylation is 1. The second-order valence-corrected chi connectivity index (χ2v) is 8.77. The van der Waals surface area contributed by atoms with Crippen LogP contribution in [0.4, 0.5) is 4.39 Å². The van der Waals surface area contributed by atoms with Gasteiger partial charge in [-0.15, -0.1) is 0 Å². The summed E-state index contributed by atoms with van der Waals surface area (Å²) in [5.74, 6) is -0.431. The van der Waals surface area contributed by atoms with E-state index in [4.69, 9.17) is 4.74 Å². The fraction of sp³-hybridized carbons (Fsp3) is 0.333. The third kappa shape index (κ3) is 4.61. The van der Waals surface area contributed by atoms with Crippen molar-refractivity contribution in [2.24, 2.45) is 0 Å². The number of ether oxygens (including phenoxy) is 1. The average Bonchev–Trinajstić information content (AvgIpc) is 2.77. The van der Waals surface area contributed by atoms with Crippen molar-refractivity contribution in [3.63, 3.8) is 0 Å². The van der Waals surface area contributed by atoms with Gasteiger partial charge in [0.2, 0.25) is 15.9 Å². The summed E-state index contributed by atoms with van der Waals surface area (Å²) >= 11 is 0. The second-order valence-electron chi connectivity index (χ2n) is 6.86. The molecule has 0 spiro atoms. The van der Waals surface area contributed by atoms with Gasteiger partial charge in [-0.2, -0.15) is 9.57 Å². The van der Waals surface area contributed by atoms with E-state index >= 15 is 0 Å². The summed E-state index contributed by atoms with van der Waals surface area (Å²) < 4.78 is 45.7. The molecular formula is C21H22FN3O4S. The van der Waals surface area contributed by atoms with Gasteiger partial charge in [0.1, 0.15) is 6.07 Å². The molecular weight excluding hydrogens is 409 g/mol. The Kier molecular flexibility index (Phi) is 6.70. The highest BCUT2D eigenvalue weighted by Crippen LogP contribution is 2.22. The third-order valence-electron chi connectivity index (χ3n) is 5.06. The van der Waals surface area contributed by atoms with E-state index < -0.39 is 15.8 Å². The number of rotatable bonds is 6. The largest absolute Gasteiger partial charge is 0.494 e. The minimum Gasteiger partial charge on any atom is -0.494 e. The van der Waals surface area contributed by atoms with Gasteiger partial charge in [0.15, 0.2) is 11.6 Å². The van der Waals surface area contributed by atoms with Crippen molar-refractivity contribution in [3.05, 3.63) is 59.4 Å². The fourth-order valence-corrected chi connectivity index (χ4v) is 4.94. The molecule has 1 aliphatic heterocycles. The predicted molar refractivity (Wildman–Crippen MR) is 108 cm³/mol. The normalized spacial score (nSPS) is 14.9. The Morgan fingerprint density at radius 1 is 1.17 bits per heavy atom. The van der Waals surface area contributed by atoms with E-state index in [-0.39, 0.29) is 54.7 Å². The van der Waals surface area contributed by atoms with Crippen LogP contribution in [0.3, 0.4) is 0 Å². The van der Waals surface area contributed by atoms with Gasteiger partial charge < -0.3 is 9.64 Å². The van der Waals surface area contributed by atoms with Crippen molar-refractivity contribution in [3.8, 4) is 11.8 Å². The van der Waals surface area contributed by atoms with Crippen LogP contribution in [-0.4, -0.2) is 56.8 Å². The maximum atomic E-state index is 13.8. The number of hydrogen-bond acceptors (Lipinski definition) is 5. The van der Waals surface area contributed by atoms with E-state index in [0.717, 1.165) is 0 Å². The number of piperazine rings is 1. The lowest BCUT2D eigenvalue weighted by Gasteiger charge is -2.34. The Bertz CT molecular complexity index is 1070. The lowest BCUT2D eigenvalue weighted by molar-refractivity contribution is -0.132. The van der Waals surface area contributed by atoms with Crippen LogP contribution in [0, 0.1) is 17.1 Å². The van der Waals surface area contributed by atoms with Gasteiger partial charge in [0, 0.05) is 32.6 Å². The number of nitrogens with zero attached hydrogens (tertiary/aromatic N) is 3. The standard InChI is InChI=1S/C21H22FN3O4S/c1-29-19-8-6-16(14-18(19)22)7-9-21(26)24-10-12-25(13-11-24)30(27,28)20-5-3-2-4-17(20)15-23/h2-6,8,14H,7,9-13H2,1H3. The van der Waals surface area contributed by atoms with Gasteiger partial charge in [0.25, 0.3) is 0 Å². The van der Waals surface area contributed by atoms with Crippen LogP contribution in [0.1, 0.15) is 17.5 Å². The van der Waals surface area contributed by atoms with Crippen LogP contribution in [0.15, 0.2) is 47.4 Å². The molecule has 0 unspecified atom stereocenters. The Labute approximate surface area is 175 Å². The SMILES string of the molecule is COc1ccc(CCC(=O)N2CCN(S(=O)(=O)c3ccccc3C#N)CC2)cc1F. The Hall–Kier alpha value is -2.96. The average molecular weight is 431 g/mol. The van der Waals surface area contributed by atoms with Crippen molar-refractivity contribution in [2.45, 2.75) is 17.7 Å². The zero-order chi connectivity index (χ0) is 21.7. The van der Waals surface area contributed by atoms with Crippen LogP contribution in [-0.2, 0) is 21.2 Å². The van der Waals surface area contributed by atoms with Crippen molar-refractivity contribution in [2.75, 3.05) is 33.3 Å². The van der Waals surface area contributed by atoms with Crippen molar-refractivity contribution >= 4 is 15.9 Å². The monoisotopic (exact) mass is 431 g/mol. The highest BCUT2D eigenvalue weighted by molar-refractivity contribution is 7.89. The van der Waals surface area contributed by atoms with Crippen LogP contribution in [0.25, 0.3) is 0 Å². The number of nitriles is 1. The van der Waals surface area contributed by atoms with Crippen LogP contribution >= 0.6 is 0 Å². The van der Waals surface area contributed by atoms with Gasteiger partial charge in [0.05, 0.1) is 17.6 Å². The Balaban J connectivity index is 1.58. The van der Waals surface area contributed by atoms with Gasteiger partial charge in [-0.25, -0.2) is 12.8 Å². The van der Waals surface area contributed by atoms with Gasteiger partial charge in [-0.05, 0) is 36.2 Å². The van der Waals surface area contributed by atoms with E-state index in [1.165, 1.54) is 35.7 Å². The molecule has 1 heterocycles. The zero-order valence-electron chi connectivity index (χ0n) is 16.5. The van der Waals surface area contributed by atoms with E-state index in [0.29, 0.717) is 12.0 Å². The lowest BCUT2D eigenvalue weighted by Crippen LogP contribution is -2.50. The number of carbonyl (C=O) groups excluding carboxylic acids is 1. The van der Waals surface area contributed by atoms with Gasteiger partial charge >= 0.3 is 0 Å². The lowest BCUT2D eigenvalue weighted by atomic mass is 10.1. The van der Waals surface area contributed by atoms with E-state index in [9.17, 15) is 22.9 Å². The number of benzene rings is 2. The predicted octanol–water partition coefficient (Wildman–Crippen LogP) is 2.17. The molecule has 0 radical (unpaired) electrons. The summed E-state index contributed by atoms with van der Waals surface area (Å²) in [6.07, 6.45) is 0.587. The van der Waals surface area contributed by atoms with Gasteiger partial charge in [-0.1, -0.05) is 18.2 Å². The van der Waals surface area contributed by atoms with Crippen LogP contribution in [0.2, 0.25) is 0 Å². The minimum absolute atomic E-state index is 0.0196. The molecule has 3 rings (SSSR count). The second kappa shape index (κ2) is 9.24. The van der Waals surface area contributed by atoms with Crippen LogP contribution in [0.5, 0.6) is 5.75 Å². The Morgan fingerprint density at radius 2 is 1.87 bits per heavy atom. The molecule has 0 bridgehead atoms. The number of hydrogen-bond donors (Lipinski definition) is 0. The minimum atomic E-state index is -3.80. The highest BCUT2D eigenvalue weighted by atomic mass is 32.2. The number of amides is 1. The summed E-state index contributed by atoms with van der Waals surface area (Å²) in [6, 6.07) is 12.6. The van der Waals surface area contributed by atoms with E-state index in [1.54, 1.807) is 23.1 Å². The first-order chi connectivity index (χ1) is 14.4. The highest BCUT2D eigenvalue weighted by Gasteiger charge is 2.31. The molecule has 1 fully saturated rings. The number of methoxy groups -OCH3 is 1. The fourth-order valence-electron chi connectivity index (χ4n) is 3.38.